The van der Waals surface area contributed by atoms with Gasteiger partial charge in [-0.3, -0.25) is 4.72 Å². The molecule has 0 unspecified atom stereocenters. The molecule has 1 N–H and O–H groups in total. The monoisotopic (exact) mass is 364 g/mol. The minimum atomic E-state index is -3.83. The van der Waals surface area contributed by atoms with E-state index in [9.17, 15) is 8.42 Å². The van der Waals surface area contributed by atoms with Crippen LogP contribution in [0, 0.1) is 0 Å². The summed E-state index contributed by atoms with van der Waals surface area (Å²) >= 11 is 5.88. The summed E-state index contributed by atoms with van der Waals surface area (Å²) in [6, 6.07) is 10.9. The Morgan fingerprint density at radius 3 is 2.71 bits per heavy atom. The molecule has 0 bridgehead atoms. The Balaban J connectivity index is 2.05. The second-order valence-electron chi connectivity index (χ2n) is 4.81. The first kappa shape index (κ1) is 16.4. The predicted octanol–water partition coefficient (Wildman–Crippen LogP) is 3.80. The van der Waals surface area contributed by atoms with E-state index in [0.29, 0.717) is 22.2 Å². The molecule has 3 rings (SSSR count). The fourth-order valence-corrected chi connectivity index (χ4v) is 3.49. The van der Waals surface area contributed by atoms with Crippen LogP contribution in [0.15, 0.2) is 64.2 Å². The number of anilines is 1. The fourth-order valence-electron chi connectivity index (χ4n) is 2.12. The summed E-state index contributed by atoms with van der Waals surface area (Å²) in [5, 5.41) is 0.330. The van der Waals surface area contributed by atoms with Gasteiger partial charge in [-0.15, -0.1) is 0 Å². The lowest BCUT2D eigenvalue weighted by Gasteiger charge is -2.12. The molecule has 124 valence electrons. The standard InChI is InChI=1S/C16H13ClN2O4S/c1-22-12-5-6-14(16-18-7-8-23-16)15(10-12)19-24(20,21)13-4-2-3-11(17)9-13/h2-10,19H,1H3. The number of hydrogen-bond donors (Lipinski definition) is 1. The zero-order valence-corrected chi connectivity index (χ0v) is 14.1. The fraction of sp³-hybridized carbons (Fsp3) is 0.0625. The van der Waals surface area contributed by atoms with Crippen LogP contribution < -0.4 is 9.46 Å². The molecule has 0 saturated carbocycles. The molecule has 3 aromatic rings. The number of aromatic nitrogens is 1. The first-order valence-electron chi connectivity index (χ1n) is 6.86. The molecule has 0 amide bonds. The molecular formula is C16H13ClN2O4S. The molecule has 6 nitrogen and oxygen atoms in total. The first-order valence-corrected chi connectivity index (χ1v) is 8.72. The molecule has 0 spiro atoms. The van der Waals surface area contributed by atoms with Gasteiger partial charge < -0.3 is 9.15 Å². The van der Waals surface area contributed by atoms with Crippen molar-refractivity contribution in [2.24, 2.45) is 0 Å². The van der Waals surface area contributed by atoms with Gasteiger partial charge in [-0.25, -0.2) is 13.4 Å². The summed E-state index contributed by atoms with van der Waals surface area (Å²) in [7, 11) is -2.34. The Kier molecular flexibility index (Phi) is 4.46. The quantitative estimate of drug-likeness (QED) is 0.744. The van der Waals surface area contributed by atoms with Crippen molar-refractivity contribution >= 4 is 27.3 Å². The van der Waals surface area contributed by atoms with E-state index >= 15 is 0 Å². The zero-order valence-electron chi connectivity index (χ0n) is 12.6. The number of halogens is 1. The van der Waals surface area contributed by atoms with Gasteiger partial charge in [0.05, 0.1) is 29.5 Å². The number of hydrogen-bond acceptors (Lipinski definition) is 5. The third-order valence-electron chi connectivity index (χ3n) is 3.24. The van der Waals surface area contributed by atoms with Crippen LogP contribution in [0.1, 0.15) is 0 Å². The van der Waals surface area contributed by atoms with Gasteiger partial charge in [0.25, 0.3) is 10.0 Å². The summed E-state index contributed by atoms with van der Waals surface area (Å²) in [5.74, 6) is 0.788. The van der Waals surface area contributed by atoms with Gasteiger partial charge in [0.15, 0.2) is 0 Å². The number of nitrogens with one attached hydrogen (secondary N) is 1. The smallest absolute Gasteiger partial charge is 0.261 e. The van der Waals surface area contributed by atoms with Gasteiger partial charge in [0.1, 0.15) is 12.0 Å². The number of rotatable bonds is 5. The second kappa shape index (κ2) is 6.54. The van der Waals surface area contributed by atoms with E-state index in [0.717, 1.165) is 0 Å². The average Bonchev–Trinajstić information content (AvgIpc) is 3.08. The number of sulfonamides is 1. The molecular weight excluding hydrogens is 352 g/mol. The van der Waals surface area contributed by atoms with Crippen molar-refractivity contribution in [1.82, 2.24) is 4.98 Å². The van der Waals surface area contributed by atoms with Gasteiger partial charge in [0.2, 0.25) is 5.89 Å². The Morgan fingerprint density at radius 1 is 1.21 bits per heavy atom. The molecule has 0 saturated heterocycles. The van der Waals surface area contributed by atoms with Crippen LogP contribution in [0.4, 0.5) is 5.69 Å². The van der Waals surface area contributed by atoms with E-state index in [1.54, 1.807) is 30.3 Å². The number of nitrogens with zero attached hydrogens (tertiary/aromatic N) is 1. The Morgan fingerprint density at radius 2 is 2.04 bits per heavy atom. The highest BCUT2D eigenvalue weighted by Crippen LogP contribution is 2.32. The maximum absolute atomic E-state index is 12.6. The molecule has 0 aliphatic rings. The average molecular weight is 365 g/mol. The van der Waals surface area contributed by atoms with Gasteiger partial charge in [-0.05, 0) is 30.3 Å². The first-order chi connectivity index (χ1) is 11.5. The van der Waals surface area contributed by atoms with Gasteiger partial charge in [-0.1, -0.05) is 17.7 Å². The molecule has 0 aliphatic heterocycles. The van der Waals surface area contributed by atoms with E-state index in [4.69, 9.17) is 20.8 Å². The topological polar surface area (TPSA) is 81.4 Å². The van der Waals surface area contributed by atoms with Crippen LogP contribution in [-0.4, -0.2) is 20.5 Å². The third-order valence-corrected chi connectivity index (χ3v) is 4.84. The zero-order chi connectivity index (χ0) is 17.2. The van der Waals surface area contributed by atoms with Crippen molar-refractivity contribution in [2.45, 2.75) is 4.90 Å². The van der Waals surface area contributed by atoms with Crippen LogP contribution in [-0.2, 0) is 10.0 Å². The van der Waals surface area contributed by atoms with E-state index in [2.05, 4.69) is 9.71 Å². The molecule has 0 radical (unpaired) electrons. The minimum absolute atomic E-state index is 0.0520. The van der Waals surface area contributed by atoms with Crippen LogP contribution in [0.5, 0.6) is 5.75 Å². The highest BCUT2D eigenvalue weighted by molar-refractivity contribution is 7.92. The van der Waals surface area contributed by atoms with Crippen molar-refractivity contribution < 1.29 is 17.6 Å². The van der Waals surface area contributed by atoms with Crippen molar-refractivity contribution in [1.29, 1.82) is 0 Å². The van der Waals surface area contributed by atoms with E-state index in [1.165, 1.54) is 31.7 Å². The van der Waals surface area contributed by atoms with E-state index in [1.807, 2.05) is 0 Å². The van der Waals surface area contributed by atoms with Gasteiger partial charge in [-0.2, -0.15) is 0 Å². The molecule has 0 fully saturated rings. The SMILES string of the molecule is COc1ccc(-c2ncco2)c(NS(=O)(=O)c2cccc(Cl)c2)c1. The summed E-state index contributed by atoms with van der Waals surface area (Å²) < 4.78 is 38.2. The maximum atomic E-state index is 12.6. The molecule has 1 heterocycles. The molecule has 0 atom stereocenters. The van der Waals surface area contributed by atoms with Crippen LogP contribution in [0.2, 0.25) is 5.02 Å². The molecule has 1 aromatic heterocycles. The largest absolute Gasteiger partial charge is 0.497 e. The lowest BCUT2D eigenvalue weighted by atomic mass is 10.2. The summed E-state index contributed by atoms with van der Waals surface area (Å²) in [6.07, 6.45) is 2.89. The summed E-state index contributed by atoms with van der Waals surface area (Å²) in [4.78, 5) is 4.11. The molecule has 2 aromatic carbocycles. The number of methoxy groups -OCH3 is 1. The highest BCUT2D eigenvalue weighted by atomic mass is 35.5. The van der Waals surface area contributed by atoms with Crippen LogP contribution in [0.25, 0.3) is 11.5 Å². The Bertz CT molecular complexity index is 956. The Labute approximate surface area is 144 Å². The normalized spacial score (nSPS) is 11.2. The molecule has 24 heavy (non-hydrogen) atoms. The van der Waals surface area contributed by atoms with Gasteiger partial charge >= 0.3 is 0 Å². The van der Waals surface area contributed by atoms with Crippen molar-refractivity contribution in [3.63, 3.8) is 0 Å². The number of ether oxygens (including phenoxy) is 1. The van der Waals surface area contributed by atoms with Crippen molar-refractivity contribution in [3.05, 3.63) is 59.9 Å². The summed E-state index contributed by atoms with van der Waals surface area (Å²) in [6.45, 7) is 0. The van der Waals surface area contributed by atoms with Crippen molar-refractivity contribution in [3.8, 4) is 17.2 Å². The van der Waals surface area contributed by atoms with E-state index < -0.39 is 10.0 Å². The minimum Gasteiger partial charge on any atom is -0.497 e. The maximum Gasteiger partial charge on any atom is 0.261 e. The number of oxazole rings is 1. The van der Waals surface area contributed by atoms with Crippen molar-refractivity contribution in [2.75, 3.05) is 11.8 Å². The van der Waals surface area contributed by atoms with Gasteiger partial charge in [0, 0.05) is 11.1 Å². The van der Waals surface area contributed by atoms with Crippen LogP contribution >= 0.6 is 11.6 Å². The summed E-state index contributed by atoms with van der Waals surface area (Å²) in [5.41, 5.74) is 0.781. The molecule has 8 heteroatoms. The highest BCUT2D eigenvalue weighted by Gasteiger charge is 2.19. The Hall–Kier alpha value is -2.51. The predicted molar refractivity (Wildman–Crippen MR) is 90.8 cm³/mol. The third kappa shape index (κ3) is 3.37. The van der Waals surface area contributed by atoms with E-state index in [-0.39, 0.29) is 10.6 Å². The lowest BCUT2D eigenvalue weighted by molar-refractivity contribution is 0.415. The number of benzene rings is 2. The lowest BCUT2D eigenvalue weighted by Crippen LogP contribution is -2.13. The molecule has 0 aliphatic carbocycles. The van der Waals surface area contributed by atoms with Crippen LogP contribution in [0.3, 0.4) is 0 Å². The second-order valence-corrected chi connectivity index (χ2v) is 6.93.